The SMILES string of the molecule is CCN(CC)CCCC(=O)OC1(c2ccccc2)CCC1.Cl. The van der Waals surface area contributed by atoms with E-state index in [9.17, 15) is 4.79 Å². The van der Waals surface area contributed by atoms with E-state index in [2.05, 4.69) is 30.9 Å². The Morgan fingerprint density at radius 2 is 1.82 bits per heavy atom. The summed E-state index contributed by atoms with van der Waals surface area (Å²) < 4.78 is 5.85. The molecule has 0 unspecified atom stereocenters. The van der Waals surface area contributed by atoms with Crippen LogP contribution in [0.15, 0.2) is 30.3 Å². The molecule has 1 aromatic carbocycles. The highest BCUT2D eigenvalue weighted by molar-refractivity contribution is 5.85. The normalized spacial score (nSPS) is 15.8. The molecule has 1 aliphatic rings. The second kappa shape index (κ2) is 9.16. The molecule has 3 nitrogen and oxygen atoms in total. The van der Waals surface area contributed by atoms with Crippen LogP contribution in [0.3, 0.4) is 0 Å². The molecule has 0 aromatic heterocycles. The molecule has 0 aliphatic heterocycles. The van der Waals surface area contributed by atoms with Gasteiger partial charge in [-0.2, -0.15) is 0 Å². The molecule has 22 heavy (non-hydrogen) atoms. The van der Waals surface area contributed by atoms with Crippen molar-refractivity contribution in [2.24, 2.45) is 0 Å². The second-order valence-electron chi connectivity index (χ2n) is 5.82. The minimum Gasteiger partial charge on any atom is -0.454 e. The van der Waals surface area contributed by atoms with E-state index >= 15 is 0 Å². The summed E-state index contributed by atoms with van der Waals surface area (Å²) in [4.78, 5) is 14.5. The zero-order chi connectivity index (χ0) is 15.1. The van der Waals surface area contributed by atoms with Gasteiger partial charge >= 0.3 is 5.97 Å². The lowest BCUT2D eigenvalue weighted by Crippen LogP contribution is -2.39. The first-order valence-electron chi connectivity index (χ1n) is 8.20. The minimum absolute atomic E-state index is 0. The van der Waals surface area contributed by atoms with Gasteiger partial charge in [0.1, 0.15) is 5.60 Å². The molecule has 0 bridgehead atoms. The van der Waals surface area contributed by atoms with Crippen molar-refractivity contribution in [1.82, 2.24) is 4.90 Å². The maximum Gasteiger partial charge on any atom is 0.306 e. The van der Waals surface area contributed by atoms with Crippen molar-refractivity contribution in [2.45, 2.75) is 51.6 Å². The Morgan fingerprint density at radius 3 is 2.32 bits per heavy atom. The van der Waals surface area contributed by atoms with Gasteiger partial charge in [-0.25, -0.2) is 0 Å². The standard InChI is InChI=1S/C18H27NO2.ClH/c1-3-19(4-2)15-8-12-17(20)21-18(13-9-14-18)16-10-6-5-7-11-16;/h5-7,10-11H,3-4,8-9,12-15H2,1-2H3;1H. The highest BCUT2D eigenvalue weighted by Crippen LogP contribution is 2.44. The number of ether oxygens (including phenoxy) is 1. The van der Waals surface area contributed by atoms with Crippen LogP contribution in [0.2, 0.25) is 0 Å². The number of carbonyl (C=O) groups is 1. The van der Waals surface area contributed by atoms with Gasteiger partial charge in [0.25, 0.3) is 0 Å². The largest absolute Gasteiger partial charge is 0.454 e. The van der Waals surface area contributed by atoms with Crippen LogP contribution >= 0.6 is 12.4 Å². The summed E-state index contributed by atoms with van der Waals surface area (Å²) >= 11 is 0. The van der Waals surface area contributed by atoms with Crippen LogP contribution in [0.25, 0.3) is 0 Å². The van der Waals surface area contributed by atoms with Crippen LogP contribution in [-0.2, 0) is 15.1 Å². The molecule has 1 aromatic rings. The van der Waals surface area contributed by atoms with E-state index in [0.29, 0.717) is 6.42 Å². The molecule has 124 valence electrons. The summed E-state index contributed by atoms with van der Waals surface area (Å²) in [6.45, 7) is 7.36. The summed E-state index contributed by atoms with van der Waals surface area (Å²) in [5.41, 5.74) is 0.807. The van der Waals surface area contributed by atoms with Gasteiger partial charge in [-0.3, -0.25) is 4.79 Å². The Balaban J connectivity index is 0.00000242. The zero-order valence-electron chi connectivity index (χ0n) is 13.7. The third kappa shape index (κ3) is 4.72. The van der Waals surface area contributed by atoms with Crippen molar-refractivity contribution in [3.05, 3.63) is 35.9 Å². The zero-order valence-corrected chi connectivity index (χ0v) is 14.5. The molecule has 0 radical (unpaired) electrons. The molecular formula is C18H28ClNO2. The maximum absolute atomic E-state index is 12.1. The Bertz CT molecular complexity index is 442. The van der Waals surface area contributed by atoms with Crippen LogP contribution in [0, 0.1) is 0 Å². The van der Waals surface area contributed by atoms with Gasteiger partial charge in [-0.15, -0.1) is 12.4 Å². The predicted octanol–water partition coefficient (Wildman–Crippen LogP) is 4.15. The van der Waals surface area contributed by atoms with E-state index in [1.54, 1.807) is 0 Å². The first-order chi connectivity index (χ1) is 10.2. The summed E-state index contributed by atoms with van der Waals surface area (Å²) in [7, 11) is 0. The lowest BCUT2D eigenvalue weighted by Gasteiger charge is -2.41. The summed E-state index contributed by atoms with van der Waals surface area (Å²) in [5, 5.41) is 0. The fourth-order valence-electron chi connectivity index (χ4n) is 2.95. The van der Waals surface area contributed by atoms with E-state index in [1.165, 1.54) is 0 Å². The third-order valence-electron chi connectivity index (χ3n) is 4.52. The Morgan fingerprint density at radius 1 is 1.18 bits per heavy atom. The predicted molar refractivity (Wildman–Crippen MR) is 92.3 cm³/mol. The number of hydrogen-bond acceptors (Lipinski definition) is 3. The quantitative estimate of drug-likeness (QED) is 0.672. The number of nitrogens with zero attached hydrogens (tertiary/aromatic N) is 1. The molecule has 0 spiro atoms. The van der Waals surface area contributed by atoms with Crippen molar-refractivity contribution < 1.29 is 9.53 Å². The summed E-state index contributed by atoms with van der Waals surface area (Å²) in [6, 6.07) is 10.2. The summed E-state index contributed by atoms with van der Waals surface area (Å²) in [6.07, 6.45) is 4.45. The number of benzene rings is 1. The lowest BCUT2D eigenvalue weighted by atomic mass is 9.75. The first kappa shape index (κ1) is 19.0. The van der Waals surface area contributed by atoms with E-state index in [1.807, 2.05) is 18.2 Å². The van der Waals surface area contributed by atoms with Gasteiger partial charge in [-0.1, -0.05) is 44.2 Å². The molecule has 4 heteroatoms. The second-order valence-corrected chi connectivity index (χ2v) is 5.82. The van der Waals surface area contributed by atoms with Crippen molar-refractivity contribution >= 4 is 18.4 Å². The van der Waals surface area contributed by atoms with Crippen LogP contribution < -0.4 is 0 Å². The number of hydrogen-bond donors (Lipinski definition) is 0. The molecule has 0 amide bonds. The highest BCUT2D eigenvalue weighted by atomic mass is 35.5. The van der Waals surface area contributed by atoms with Gasteiger partial charge in [0.05, 0.1) is 0 Å². The number of carbonyl (C=O) groups excluding carboxylic acids is 1. The molecule has 0 atom stereocenters. The van der Waals surface area contributed by atoms with Gasteiger partial charge in [-0.05, 0) is 50.9 Å². The fourth-order valence-corrected chi connectivity index (χ4v) is 2.95. The van der Waals surface area contributed by atoms with E-state index in [-0.39, 0.29) is 24.0 Å². The minimum atomic E-state index is -0.340. The Kier molecular flexibility index (Phi) is 7.91. The highest BCUT2D eigenvalue weighted by Gasteiger charge is 2.42. The van der Waals surface area contributed by atoms with Crippen molar-refractivity contribution in [2.75, 3.05) is 19.6 Å². The molecule has 0 N–H and O–H groups in total. The van der Waals surface area contributed by atoms with Gasteiger partial charge in [0.15, 0.2) is 0 Å². The number of rotatable bonds is 8. The molecule has 2 rings (SSSR count). The van der Waals surface area contributed by atoms with Crippen LogP contribution in [0.5, 0.6) is 0 Å². The number of esters is 1. The first-order valence-corrected chi connectivity index (χ1v) is 8.20. The van der Waals surface area contributed by atoms with Gasteiger partial charge in [0, 0.05) is 6.42 Å². The maximum atomic E-state index is 12.1. The van der Waals surface area contributed by atoms with Crippen molar-refractivity contribution in [3.63, 3.8) is 0 Å². The molecule has 1 saturated carbocycles. The fraction of sp³-hybridized carbons (Fsp3) is 0.611. The van der Waals surface area contributed by atoms with Crippen LogP contribution in [0.1, 0.15) is 51.5 Å². The molecule has 1 aliphatic carbocycles. The lowest BCUT2D eigenvalue weighted by molar-refractivity contribution is -0.171. The monoisotopic (exact) mass is 325 g/mol. The number of halogens is 1. The van der Waals surface area contributed by atoms with Crippen LogP contribution in [0.4, 0.5) is 0 Å². The average molecular weight is 326 g/mol. The molecule has 0 saturated heterocycles. The summed E-state index contributed by atoms with van der Waals surface area (Å²) in [5.74, 6) is -0.0503. The van der Waals surface area contributed by atoms with Crippen molar-refractivity contribution in [3.8, 4) is 0 Å². The molecule has 0 heterocycles. The van der Waals surface area contributed by atoms with E-state index in [4.69, 9.17) is 4.74 Å². The molecular weight excluding hydrogens is 298 g/mol. The Hall–Kier alpha value is -1.06. The Labute approximate surface area is 140 Å². The molecule has 1 fully saturated rings. The van der Waals surface area contributed by atoms with Gasteiger partial charge < -0.3 is 9.64 Å². The van der Waals surface area contributed by atoms with Crippen molar-refractivity contribution in [1.29, 1.82) is 0 Å². The average Bonchev–Trinajstić information content (AvgIpc) is 2.48. The van der Waals surface area contributed by atoms with Crippen LogP contribution in [-0.4, -0.2) is 30.5 Å². The third-order valence-corrected chi connectivity index (χ3v) is 4.52. The van der Waals surface area contributed by atoms with E-state index in [0.717, 1.165) is 50.9 Å². The smallest absolute Gasteiger partial charge is 0.306 e. The van der Waals surface area contributed by atoms with Gasteiger partial charge in [0.2, 0.25) is 0 Å². The topological polar surface area (TPSA) is 29.5 Å². The van der Waals surface area contributed by atoms with E-state index < -0.39 is 0 Å².